The van der Waals surface area contributed by atoms with Crippen LogP contribution in [0.3, 0.4) is 0 Å². The fourth-order valence-corrected chi connectivity index (χ4v) is 2.37. The van der Waals surface area contributed by atoms with E-state index in [1.165, 1.54) is 18.6 Å². The van der Waals surface area contributed by atoms with E-state index in [1.54, 1.807) is 6.07 Å². The summed E-state index contributed by atoms with van der Waals surface area (Å²) < 4.78 is 0.911. The van der Waals surface area contributed by atoms with Gasteiger partial charge in [-0.2, -0.15) is 0 Å². The number of hydrogen-bond acceptors (Lipinski definition) is 4. The molecule has 0 unspecified atom stereocenters. The zero-order chi connectivity index (χ0) is 15.8. The van der Waals surface area contributed by atoms with Gasteiger partial charge in [-0.25, -0.2) is 4.98 Å². The average Bonchev–Trinajstić information content (AvgIpc) is 2.55. The summed E-state index contributed by atoms with van der Waals surface area (Å²) in [6, 6.07) is 7.39. The summed E-state index contributed by atoms with van der Waals surface area (Å²) in [5, 5.41) is 5.56. The molecule has 2 rings (SSSR count). The topological polar surface area (TPSA) is 84.0 Å². The van der Waals surface area contributed by atoms with Gasteiger partial charge in [-0.05, 0) is 41.1 Å². The molecule has 0 saturated carbocycles. The second-order valence-electron chi connectivity index (χ2n) is 4.44. The Kier molecular flexibility index (Phi) is 6.26. The Labute approximate surface area is 141 Å². The summed E-state index contributed by atoms with van der Waals surface area (Å²) in [6.07, 6.45) is 5.03. The van der Waals surface area contributed by atoms with Gasteiger partial charge in [-0.1, -0.05) is 12.1 Å². The number of nitrogens with zero attached hydrogens (tertiary/aromatic N) is 2. The molecule has 0 aliphatic carbocycles. The SMILES string of the molecule is O=C(NCCCNC(=O)c1ccccc1I)c1cnccn1. The Balaban J connectivity index is 1.69. The molecule has 0 aliphatic heterocycles. The Morgan fingerprint density at radius 3 is 2.45 bits per heavy atom. The summed E-state index contributed by atoms with van der Waals surface area (Å²) in [5.74, 6) is -0.373. The number of benzene rings is 1. The quantitative estimate of drug-likeness (QED) is 0.560. The van der Waals surface area contributed by atoms with E-state index < -0.39 is 0 Å². The van der Waals surface area contributed by atoms with Crippen molar-refractivity contribution in [1.82, 2.24) is 20.6 Å². The predicted octanol–water partition coefficient (Wildman–Crippen LogP) is 1.63. The average molecular weight is 410 g/mol. The maximum atomic E-state index is 12.0. The number of carbonyl (C=O) groups is 2. The summed E-state index contributed by atoms with van der Waals surface area (Å²) in [7, 11) is 0. The van der Waals surface area contributed by atoms with E-state index >= 15 is 0 Å². The molecule has 0 fully saturated rings. The summed E-state index contributed by atoms with van der Waals surface area (Å²) >= 11 is 2.13. The van der Waals surface area contributed by atoms with Crippen LogP contribution >= 0.6 is 22.6 Å². The van der Waals surface area contributed by atoms with Crippen LogP contribution in [0.5, 0.6) is 0 Å². The molecule has 114 valence electrons. The number of halogens is 1. The molecular formula is C15H15IN4O2. The molecule has 2 amide bonds. The van der Waals surface area contributed by atoms with E-state index in [4.69, 9.17) is 0 Å². The van der Waals surface area contributed by atoms with Crippen molar-refractivity contribution in [2.75, 3.05) is 13.1 Å². The first-order valence-corrected chi connectivity index (χ1v) is 7.83. The Bertz CT molecular complexity index is 649. The van der Waals surface area contributed by atoms with Gasteiger partial charge in [-0.15, -0.1) is 0 Å². The predicted molar refractivity (Wildman–Crippen MR) is 90.5 cm³/mol. The molecule has 7 heteroatoms. The first-order valence-electron chi connectivity index (χ1n) is 6.75. The minimum absolute atomic E-state index is 0.106. The van der Waals surface area contributed by atoms with Crippen LogP contribution in [0.2, 0.25) is 0 Å². The van der Waals surface area contributed by atoms with Crippen LogP contribution in [0, 0.1) is 3.57 Å². The van der Waals surface area contributed by atoms with E-state index in [0.29, 0.717) is 25.1 Å². The minimum atomic E-state index is -0.267. The molecule has 0 bridgehead atoms. The minimum Gasteiger partial charge on any atom is -0.352 e. The highest BCUT2D eigenvalue weighted by Gasteiger charge is 2.08. The molecular weight excluding hydrogens is 395 g/mol. The van der Waals surface area contributed by atoms with Crippen LogP contribution in [-0.4, -0.2) is 34.9 Å². The lowest BCUT2D eigenvalue weighted by Crippen LogP contribution is -2.30. The largest absolute Gasteiger partial charge is 0.352 e. The van der Waals surface area contributed by atoms with Crippen molar-refractivity contribution in [2.45, 2.75) is 6.42 Å². The molecule has 2 N–H and O–H groups in total. The molecule has 6 nitrogen and oxygen atoms in total. The molecule has 22 heavy (non-hydrogen) atoms. The summed E-state index contributed by atoms with van der Waals surface area (Å²) in [6.45, 7) is 0.951. The zero-order valence-electron chi connectivity index (χ0n) is 11.8. The Morgan fingerprint density at radius 1 is 1.05 bits per heavy atom. The highest BCUT2D eigenvalue weighted by Crippen LogP contribution is 2.10. The van der Waals surface area contributed by atoms with Gasteiger partial charge >= 0.3 is 0 Å². The lowest BCUT2D eigenvalue weighted by atomic mass is 10.2. The van der Waals surface area contributed by atoms with Crippen LogP contribution in [0.25, 0.3) is 0 Å². The number of amides is 2. The van der Waals surface area contributed by atoms with Crippen LogP contribution in [0.15, 0.2) is 42.9 Å². The first-order chi connectivity index (χ1) is 10.7. The van der Waals surface area contributed by atoms with Gasteiger partial charge < -0.3 is 10.6 Å². The Morgan fingerprint density at radius 2 is 1.77 bits per heavy atom. The molecule has 0 spiro atoms. The lowest BCUT2D eigenvalue weighted by molar-refractivity contribution is 0.0947. The maximum Gasteiger partial charge on any atom is 0.271 e. The highest BCUT2D eigenvalue weighted by atomic mass is 127. The number of nitrogens with one attached hydrogen (secondary N) is 2. The van der Waals surface area contributed by atoms with E-state index in [0.717, 1.165) is 3.57 Å². The van der Waals surface area contributed by atoms with Gasteiger partial charge in [0.1, 0.15) is 5.69 Å². The molecule has 0 atom stereocenters. The molecule has 1 aromatic heterocycles. The monoisotopic (exact) mass is 410 g/mol. The molecule has 1 heterocycles. The third-order valence-corrected chi connectivity index (χ3v) is 3.78. The number of aromatic nitrogens is 2. The van der Waals surface area contributed by atoms with Gasteiger partial charge in [0.05, 0.1) is 11.8 Å². The maximum absolute atomic E-state index is 12.0. The van der Waals surface area contributed by atoms with E-state index in [2.05, 4.69) is 43.2 Å². The molecule has 0 aliphatic rings. The molecule has 1 aromatic carbocycles. The van der Waals surface area contributed by atoms with Crippen LogP contribution in [0.4, 0.5) is 0 Å². The zero-order valence-corrected chi connectivity index (χ0v) is 13.9. The fourth-order valence-electron chi connectivity index (χ4n) is 1.74. The second kappa shape index (κ2) is 8.42. The molecule has 0 radical (unpaired) electrons. The fraction of sp³-hybridized carbons (Fsp3) is 0.200. The second-order valence-corrected chi connectivity index (χ2v) is 5.60. The van der Waals surface area contributed by atoms with Gasteiger partial charge in [0, 0.05) is 29.1 Å². The third kappa shape index (κ3) is 4.76. The van der Waals surface area contributed by atoms with Crippen molar-refractivity contribution in [3.05, 3.63) is 57.7 Å². The van der Waals surface area contributed by atoms with E-state index in [-0.39, 0.29) is 17.5 Å². The first kappa shape index (κ1) is 16.3. The lowest BCUT2D eigenvalue weighted by Gasteiger charge is -2.07. The summed E-state index contributed by atoms with van der Waals surface area (Å²) in [4.78, 5) is 31.4. The van der Waals surface area contributed by atoms with Gasteiger partial charge in [0.2, 0.25) is 0 Å². The van der Waals surface area contributed by atoms with Crippen molar-refractivity contribution in [3.8, 4) is 0 Å². The van der Waals surface area contributed by atoms with Crippen molar-refractivity contribution < 1.29 is 9.59 Å². The standard InChI is InChI=1S/C15H15IN4O2/c16-12-5-2-1-4-11(12)14(21)19-6-3-7-20-15(22)13-10-17-8-9-18-13/h1-2,4-5,8-10H,3,6-7H2,(H,19,21)(H,20,22). The van der Waals surface area contributed by atoms with Crippen LogP contribution in [-0.2, 0) is 0 Å². The molecule has 2 aromatic rings. The normalized spacial score (nSPS) is 10.0. The van der Waals surface area contributed by atoms with Crippen molar-refractivity contribution in [3.63, 3.8) is 0 Å². The van der Waals surface area contributed by atoms with Crippen molar-refractivity contribution in [2.24, 2.45) is 0 Å². The van der Waals surface area contributed by atoms with Crippen molar-refractivity contribution >= 4 is 34.4 Å². The van der Waals surface area contributed by atoms with E-state index in [1.807, 2.05) is 18.2 Å². The van der Waals surface area contributed by atoms with Crippen molar-refractivity contribution in [1.29, 1.82) is 0 Å². The Hall–Kier alpha value is -2.03. The summed E-state index contributed by atoms with van der Waals surface area (Å²) in [5.41, 5.74) is 0.942. The van der Waals surface area contributed by atoms with Gasteiger partial charge in [0.15, 0.2) is 0 Å². The van der Waals surface area contributed by atoms with Gasteiger partial charge in [-0.3, -0.25) is 14.6 Å². The molecule has 0 saturated heterocycles. The third-order valence-electron chi connectivity index (χ3n) is 2.84. The number of hydrogen-bond donors (Lipinski definition) is 2. The van der Waals surface area contributed by atoms with Crippen LogP contribution in [0.1, 0.15) is 27.3 Å². The number of carbonyl (C=O) groups excluding carboxylic acids is 2. The van der Waals surface area contributed by atoms with Gasteiger partial charge in [0.25, 0.3) is 11.8 Å². The van der Waals surface area contributed by atoms with Crippen LogP contribution < -0.4 is 10.6 Å². The number of rotatable bonds is 6. The smallest absolute Gasteiger partial charge is 0.271 e. The van der Waals surface area contributed by atoms with E-state index in [9.17, 15) is 9.59 Å². The highest BCUT2D eigenvalue weighted by molar-refractivity contribution is 14.1.